The minimum absolute atomic E-state index is 0.103. The van der Waals surface area contributed by atoms with Crippen LogP contribution in [0.15, 0.2) is 0 Å². The molecule has 0 heterocycles. The van der Waals surface area contributed by atoms with Crippen molar-refractivity contribution < 1.29 is 80.2 Å². The summed E-state index contributed by atoms with van der Waals surface area (Å²) in [6, 6.07) is 0. The summed E-state index contributed by atoms with van der Waals surface area (Å²) in [6.07, 6.45) is 46.1. The molecule has 3 N–H and O–H groups in total. The topological polar surface area (TPSA) is 237 Å². The lowest BCUT2D eigenvalue weighted by Gasteiger charge is -2.21. The maximum Gasteiger partial charge on any atom is 0.472 e. The lowest BCUT2D eigenvalue weighted by atomic mass is 10.0. The van der Waals surface area contributed by atoms with E-state index in [1.54, 1.807) is 0 Å². The minimum Gasteiger partial charge on any atom is -0.462 e. The first-order chi connectivity index (χ1) is 42.4. The molecule has 0 radical (unpaired) electrons. The van der Waals surface area contributed by atoms with Gasteiger partial charge in [0.1, 0.15) is 19.3 Å². The van der Waals surface area contributed by atoms with Crippen LogP contribution in [0.1, 0.15) is 350 Å². The molecule has 88 heavy (non-hydrogen) atoms. The molecule has 0 rings (SSSR count). The molecule has 0 aliphatic rings. The van der Waals surface area contributed by atoms with E-state index in [0.29, 0.717) is 31.6 Å². The van der Waals surface area contributed by atoms with E-state index in [1.165, 1.54) is 154 Å². The first-order valence-corrected chi connectivity index (χ1v) is 39.0. The van der Waals surface area contributed by atoms with E-state index in [-0.39, 0.29) is 25.7 Å². The van der Waals surface area contributed by atoms with Gasteiger partial charge in [-0.1, -0.05) is 298 Å². The summed E-state index contributed by atoms with van der Waals surface area (Å²) in [5, 5.41) is 10.6. The zero-order chi connectivity index (χ0) is 65.0. The van der Waals surface area contributed by atoms with Crippen LogP contribution in [0.25, 0.3) is 0 Å². The molecule has 0 bridgehead atoms. The molecule has 0 saturated heterocycles. The third kappa shape index (κ3) is 62.8. The number of esters is 4. The molecule has 522 valence electrons. The summed E-state index contributed by atoms with van der Waals surface area (Å²) in [7, 11) is -9.89. The summed E-state index contributed by atoms with van der Waals surface area (Å²) in [5.41, 5.74) is 0. The smallest absolute Gasteiger partial charge is 0.462 e. The van der Waals surface area contributed by atoms with Crippen LogP contribution in [0, 0.1) is 11.8 Å². The number of aliphatic hydroxyl groups is 1. The van der Waals surface area contributed by atoms with Crippen molar-refractivity contribution in [3.05, 3.63) is 0 Å². The van der Waals surface area contributed by atoms with Gasteiger partial charge in [-0.3, -0.25) is 37.3 Å². The minimum atomic E-state index is -4.95. The van der Waals surface area contributed by atoms with E-state index in [1.807, 2.05) is 0 Å². The number of unbranched alkanes of at least 4 members (excludes halogenated alkanes) is 38. The second-order valence-electron chi connectivity index (χ2n) is 25.9. The van der Waals surface area contributed by atoms with Crippen LogP contribution in [0.3, 0.4) is 0 Å². The van der Waals surface area contributed by atoms with E-state index in [4.69, 9.17) is 37.0 Å². The number of hydrogen-bond donors (Lipinski definition) is 3. The molecule has 0 spiro atoms. The van der Waals surface area contributed by atoms with Crippen LogP contribution in [-0.4, -0.2) is 96.7 Å². The second-order valence-corrected chi connectivity index (χ2v) is 28.8. The third-order valence-electron chi connectivity index (χ3n) is 16.0. The van der Waals surface area contributed by atoms with Gasteiger partial charge in [0, 0.05) is 25.7 Å². The molecule has 17 nitrogen and oxygen atoms in total. The van der Waals surface area contributed by atoms with Crippen molar-refractivity contribution in [2.75, 3.05) is 39.6 Å². The van der Waals surface area contributed by atoms with Gasteiger partial charge in [-0.25, -0.2) is 9.13 Å². The molecule has 0 aromatic carbocycles. The van der Waals surface area contributed by atoms with E-state index in [0.717, 1.165) is 109 Å². The van der Waals surface area contributed by atoms with E-state index in [2.05, 4.69) is 41.5 Å². The van der Waals surface area contributed by atoms with Crippen LogP contribution >= 0.6 is 15.6 Å². The lowest BCUT2D eigenvalue weighted by molar-refractivity contribution is -0.161. The lowest BCUT2D eigenvalue weighted by Crippen LogP contribution is -2.30. The predicted octanol–water partition coefficient (Wildman–Crippen LogP) is 19.6. The number of rotatable bonds is 68. The maximum absolute atomic E-state index is 13.0. The first-order valence-electron chi connectivity index (χ1n) is 36.0. The maximum atomic E-state index is 13.0. The largest absolute Gasteiger partial charge is 0.472 e. The molecule has 0 aromatic heterocycles. The van der Waals surface area contributed by atoms with Gasteiger partial charge < -0.3 is 33.8 Å². The Bertz CT molecular complexity index is 1720. The van der Waals surface area contributed by atoms with Crippen molar-refractivity contribution in [3.8, 4) is 0 Å². The van der Waals surface area contributed by atoms with Gasteiger partial charge in [0.25, 0.3) is 0 Å². The van der Waals surface area contributed by atoms with E-state index < -0.39 is 97.5 Å². The summed E-state index contributed by atoms with van der Waals surface area (Å²) in [5.74, 6) is -0.678. The van der Waals surface area contributed by atoms with Crippen molar-refractivity contribution in [2.24, 2.45) is 11.8 Å². The number of phosphoric acid groups is 2. The molecular formula is C69H134O17P2. The molecule has 2 unspecified atom stereocenters. The highest BCUT2D eigenvalue weighted by atomic mass is 31.2. The molecule has 0 aromatic rings. The predicted molar refractivity (Wildman–Crippen MR) is 354 cm³/mol. The van der Waals surface area contributed by atoms with Gasteiger partial charge in [-0.2, -0.15) is 0 Å². The number of carbonyl (C=O) groups excluding carboxylic acids is 4. The molecule has 5 atom stereocenters. The van der Waals surface area contributed by atoms with Crippen molar-refractivity contribution in [3.63, 3.8) is 0 Å². The fourth-order valence-corrected chi connectivity index (χ4v) is 12.0. The Morgan fingerprint density at radius 1 is 0.307 bits per heavy atom. The van der Waals surface area contributed by atoms with Gasteiger partial charge >= 0.3 is 39.5 Å². The fraction of sp³-hybridized carbons (Fsp3) is 0.942. The summed E-state index contributed by atoms with van der Waals surface area (Å²) >= 11 is 0. The normalized spacial score (nSPS) is 14.2. The summed E-state index contributed by atoms with van der Waals surface area (Å²) in [4.78, 5) is 72.3. The Morgan fingerprint density at radius 3 is 0.773 bits per heavy atom. The van der Waals surface area contributed by atoms with E-state index >= 15 is 0 Å². The van der Waals surface area contributed by atoms with Crippen LogP contribution in [0.4, 0.5) is 0 Å². The fourth-order valence-electron chi connectivity index (χ4n) is 10.4. The summed E-state index contributed by atoms with van der Waals surface area (Å²) in [6.45, 7) is 9.43. The van der Waals surface area contributed by atoms with Crippen LogP contribution in [0.2, 0.25) is 0 Å². The Kier molecular flexibility index (Phi) is 59.9. The molecule has 0 fully saturated rings. The summed E-state index contributed by atoms with van der Waals surface area (Å²) < 4.78 is 68.1. The number of phosphoric ester groups is 2. The number of aliphatic hydroxyl groups excluding tert-OH is 1. The zero-order valence-corrected chi connectivity index (χ0v) is 58.8. The van der Waals surface area contributed by atoms with Gasteiger partial charge in [0.05, 0.1) is 26.4 Å². The number of carbonyl (C=O) groups is 4. The van der Waals surface area contributed by atoms with Gasteiger partial charge in [-0.05, 0) is 37.5 Å². The van der Waals surface area contributed by atoms with Gasteiger partial charge in [-0.15, -0.1) is 0 Å². The van der Waals surface area contributed by atoms with Gasteiger partial charge in [0.15, 0.2) is 12.2 Å². The Labute approximate surface area is 537 Å². The van der Waals surface area contributed by atoms with Crippen LogP contribution in [-0.2, 0) is 65.4 Å². The highest BCUT2D eigenvalue weighted by Gasteiger charge is 2.30. The molecule has 0 amide bonds. The van der Waals surface area contributed by atoms with Gasteiger partial charge in [0.2, 0.25) is 0 Å². The highest BCUT2D eigenvalue weighted by molar-refractivity contribution is 7.47. The monoisotopic (exact) mass is 1300 g/mol. The van der Waals surface area contributed by atoms with E-state index in [9.17, 15) is 43.2 Å². The Balaban J connectivity index is 5.19. The number of ether oxygens (including phenoxy) is 4. The average Bonchev–Trinajstić information content (AvgIpc) is 3.57. The Hall–Kier alpha value is -1.94. The number of hydrogen-bond acceptors (Lipinski definition) is 15. The van der Waals surface area contributed by atoms with Crippen molar-refractivity contribution in [2.45, 2.75) is 368 Å². The standard InChI is InChI=1S/C69H134O17P2/c1-7-9-11-13-15-16-17-18-19-20-21-22-23-24-29-35-41-47-53-68(73)85-65(58-80-67(72)52-46-40-34-28-26-25-27-32-37-43-49-61(3)4)60-84-88(77,78)82-56-63(70)55-81-87(75,76)83-59-64(57-79-66(71)51-45-39-31-14-12-10-8-2)86-69(74)54-48-42-36-30-33-38-44-50-62(5)6/h61-65,70H,7-60H2,1-6H3,(H,75,76)(H,77,78)/t63-,64+,65+/m0/s1. The Morgan fingerprint density at radius 2 is 0.523 bits per heavy atom. The van der Waals surface area contributed by atoms with Crippen LogP contribution in [0.5, 0.6) is 0 Å². The first kappa shape index (κ1) is 86.1. The van der Waals surface area contributed by atoms with Crippen molar-refractivity contribution in [1.82, 2.24) is 0 Å². The third-order valence-corrected chi connectivity index (χ3v) is 17.9. The molecule has 0 saturated carbocycles. The molecular weight excluding hydrogens is 1160 g/mol. The molecule has 19 heteroatoms. The molecule has 0 aliphatic heterocycles. The highest BCUT2D eigenvalue weighted by Crippen LogP contribution is 2.45. The SMILES string of the molecule is CCCCCCCCCCCCCCCCCCCCC(=O)O[C@H](COC(=O)CCCCCCCCCCCCC(C)C)COP(=O)(O)OC[C@@H](O)COP(=O)(O)OC[C@@H](COC(=O)CCCCCCCCC)OC(=O)CCCCCCCCCC(C)C. The van der Waals surface area contributed by atoms with Crippen molar-refractivity contribution in [1.29, 1.82) is 0 Å². The van der Waals surface area contributed by atoms with Crippen LogP contribution < -0.4 is 0 Å². The quantitative estimate of drug-likeness (QED) is 0.0222. The molecule has 0 aliphatic carbocycles. The zero-order valence-electron chi connectivity index (χ0n) is 57.0. The van der Waals surface area contributed by atoms with Crippen molar-refractivity contribution >= 4 is 39.5 Å². The average molecular weight is 1300 g/mol. The second kappa shape index (κ2) is 61.3.